The Labute approximate surface area is 148 Å². The molecule has 2 aromatic heterocycles. The molecule has 2 N–H and O–H groups in total. The zero-order chi connectivity index (χ0) is 17.8. The molecule has 6 nitrogen and oxygen atoms in total. The van der Waals surface area contributed by atoms with Gasteiger partial charge in [0.1, 0.15) is 15.5 Å². The first-order valence-electron chi connectivity index (χ1n) is 7.67. The largest absolute Gasteiger partial charge is 0.497 e. The maximum absolute atomic E-state index is 11.9. The van der Waals surface area contributed by atoms with Gasteiger partial charge in [-0.3, -0.25) is 0 Å². The molecule has 0 bridgehead atoms. The normalized spacial score (nSPS) is 11.1. The summed E-state index contributed by atoms with van der Waals surface area (Å²) in [5.74, 6) is 0.566. The lowest BCUT2D eigenvalue weighted by Gasteiger charge is -2.01. The summed E-state index contributed by atoms with van der Waals surface area (Å²) in [6, 6.07) is 9.39. The van der Waals surface area contributed by atoms with E-state index in [0.717, 1.165) is 16.7 Å². The van der Waals surface area contributed by atoms with E-state index in [2.05, 4.69) is 9.97 Å². The Morgan fingerprint density at radius 1 is 1.28 bits per heavy atom. The number of anilines is 1. The van der Waals surface area contributed by atoms with Crippen molar-refractivity contribution in [2.75, 3.05) is 19.5 Å². The standard InChI is InChI=1S/C18H17N3O3S/c1-3-24-17(22)15-10-13-14(20-18(19)21-16(13)25-15)8-7-11-5-4-6-12(9-11)23-2/h4-10H,3H2,1-2H3,(H2,19,20,21). The van der Waals surface area contributed by atoms with Gasteiger partial charge in [0, 0.05) is 5.39 Å². The number of benzene rings is 1. The van der Waals surface area contributed by atoms with Crippen LogP contribution in [0.2, 0.25) is 0 Å². The van der Waals surface area contributed by atoms with Gasteiger partial charge in [-0.05, 0) is 36.8 Å². The molecule has 0 aliphatic heterocycles. The molecule has 2 heterocycles. The molecule has 0 radical (unpaired) electrons. The van der Waals surface area contributed by atoms with E-state index in [4.69, 9.17) is 15.2 Å². The average molecular weight is 355 g/mol. The van der Waals surface area contributed by atoms with Crippen LogP contribution in [0, 0.1) is 0 Å². The van der Waals surface area contributed by atoms with Gasteiger partial charge < -0.3 is 15.2 Å². The van der Waals surface area contributed by atoms with Gasteiger partial charge >= 0.3 is 5.97 Å². The lowest BCUT2D eigenvalue weighted by Crippen LogP contribution is -2.01. The third-order valence-corrected chi connectivity index (χ3v) is 4.45. The predicted molar refractivity (Wildman–Crippen MR) is 99.7 cm³/mol. The molecule has 7 heteroatoms. The second kappa shape index (κ2) is 7.31. The van der Waals surface area contributed by atoms with Crippen LogP contribution in [-0.4, -0.2) is 29.7 Å². The Hall–Kier alpha value is -2.93. The summed E-state index contributed by atoms with van der Waals surface area (Å²) in [6.45, 7) is 2.09. The molecule has 3 aromatic rings. The number of fused-ring (bicyclic) bond motifs is 1. The number of hydrogen-bond donors (Lipinski definition) is 1. The maximum atomic E-state index is 11.9. The van der Waals surface area contributed by atoms with Gasteiger partial charge in [-0.2, -0.15) is 0 Å². The van der Waals surface area contributed by atoms with Crippen LogP contribution in [0.15, 0.2) is 30.3 Å². The third kappa shape index (κ3) is 3.77. The second-order valence-electron chi connectivity index (χ2n) is 5.13. The van der Waals surface area contributed by atoms with Crippen molar-refractivity contribution in [2.45, 2.75) is 6.92 Å². The lowest BCUT2D eigenvalue weighted by atomic mass is 10.1. The minimum absolute atomic E-state index is 0.162. The summed E-state index contributed by atoms with van der Waals surface area (Å²) in [6.07, 6.45) is 3.75. The van der Waals surface area contributed by atoms with Gasteiger partial charge in [-0.25, -0.2) is 14.8 Å². The van der Waals surface area contributed by atoms with E-state index in [1.807, 2.05) is 36.4 Å². The van der Waals surface area contributed by atoms with Crippen LogP contribution in [0.4, 0.5) is 5.95 Å². The fourth-order valence-corrected chi connectivity index (χ4v) is 3.25. The minimum atomic E-state index is -0.369. The number of nitrogens with zero attached hydrogens (tertiary/aromatic N) is 2. The molecule has 0 atom stereocenters. The van der Waals surface area contributed by atoms with E-state index < -0.39 is 0 Å². The molecule has 0 fully saturated rings. The molecule has 0 amide bonds. The van der Waals surface area contributed by atoms with E-state index in [-0.39, 0.29) is 11.9 Å². The van der Waals surface area contributed by atoms with Crippen molar-refractivity contribution >= 4 is 45.6 Å². The number of rotatable bonds is 5. The number of hydrogen-bond acceptors (Lipinski definition) is 7. The van der Waals surface area contributed by atoms with E-state index >= 15 is 0 Å². The highest BCUT2D eigenvalue weighted by atomic mass is 32.1. The van der Waals surface area contributed by atoms with Crippen LogP contribution in [-0.2, 0) is 4.74 Å². The highest BCUT2D eigenvalue weighted by Gasteiger charge is 2.15. The molecule has 3 rings (SSSR count). The zero-order valence-corrected chi connectivity index (χ0v) is 14.7. The van der Waals surface area contributed by atoms with Gasteiger partial charge in [0.15, 0.2) is 0 Å². The maximum Gasteiger partial charge on any atom is 0.348 e. The number of nitrogens with two attached hydrogens (primary N) is 1. The van der Waals surface area contributed by atoms with Crippen LogP contribution in [0.3, 0.4) is 0 Å². The van der Waals surface area contributed by atoms with E-state index in [0.29, 0.717) is 22.0 Å². The highest BCUT2D eigenvalue weighted by Crippen LogP contribution is 2.28. The summed E-state index contributed by atoms with van der Waals surface area (Å²) in [7, 11) is 1.62. The average Bonchev–Trinajstić information content (AvgIpc) is 3.04. The van der Waals surface area contributed by atoms with Crippen LogP contribution >= 0.6 is 11.3 Å². The second-order valence-corrected chi connectivity index (χ2v) is 6.16. The molecule has 128 valence electrons. The molecule has 0 saturated carbocycles. The SMILES string of the molecule is CCOC(=O)c1cc2c(C=Cc3cccc(OC)c3)nc(N)nc2s1. The van der Waals surface area contributed by atoms with Crippen LogP contribution in [0.1, 0.15) is 27.9 Å². The Balaban J connectivity index is 1.99. The number of aromatic nitrogens is 2. The Morgan fingerprint density at radius 2 is 2.12 bits per heavy atom. The lowest BCUT2D eigenvalue weighted by molar-refractivity contribution is 0.0532. The first kappa shape index (κ1) is 16.9. The van der Waals surface area contributed by atoms with Gasteiger partial charge in [-0.1, -0.05) is 18.2 Å². The van der Waals surface area contributed by atoms with Crippen LogP contribution < -0.4 is 10.5 Å². The zero-order valence-electron chi connectivity index (χ0n) is 13.9. The van der Waals surface area contributed by atoms with E-state index in [1.165, 1.54) is 11.3 Å². The van der Waals surface area contributed by atoms with Gasteiger partial charge in [0.25, 0.3) is 0 Å². The van der Waals surface area contributed by atoms with Crippen molar-refractivity contribution in [1.29, 1.82) is 0 Å². The molecule has 25 heavy (non-hydrogen) atoms. The van der Waals surface area contributed by atoms with Gasteiger partial charge in [0.05, 0.1) is 19.4 Å². The summed E-state index contributed by atoms with van der Waals surface area (Å²) in [5, 5.41) is 0.765. The van der Waals surface area contributed by atoms with Crippen molar-refractivity contribution in [1.82, 2.24) is 9.97 Å². The fraction of sp³-hybridized carbons (Fsp3) is 0.167. The number of thiophene rings is 1. The predicted octanol–water partition coefficient (Wildman–Crippen LogP) is 3.63. The number of ether oxygens (including phenoxy) is 2. The summed E-state index contributed by atoms with van der Waals surface area (Å²) < 4.78 is 10.3. The van der Waals surface area contributed by atoms with Crippen molar-refractivity contribution in [3.05, 3.63) is 46.5 Å². The number of methoxy groups -OCH3 is 1. The number of carbonyl (C=O) groups is 1. The fourth-order valence-electron chi connectivity index (χ4n) is 2.31. The molecule has 0 unspecified atom stereocenters. The minimum Gasteiger partial charge on any atom is -0.497 e. The Kier molecular flexibility index (Phi) is 4.95. The monoisotopic (exact) mass is 355 g/mol. The number of nitrogen functional groups attached to an aromatic ring is 1. The number of esters is 1. The molecular weight excluding hydrogens is 338 g/mol. The van der Waals surface area contributed by atoms with Crippen molar-refractivity contribution in [3.8, 4) is 5.75 Å². The van der Waals surface area contributed by atoms with E-state index in [1.54, 1.807) is 20.1 Å². The first-order chi connectivity index (χ1) is 12.1. The highest BCUT2D eigenvalue weighted by molar-refractivity contribution is 7.20. The molecule has 0 aliphatic rings. The Bertz CT molecular complexity index is 950. The van der Waals surface area contributed by atoms with Gasteiger partial charge in [-0.15, -0.1) is 11.3 Å². The topological polar surface area (TPSA) is 87.3 Å². The van der Waals surface area contributed by atoms with Crippen molar-refractivity contribution in [2.24, 2.45) is 0 Å². The third-order valence-electron chi connectivity index (χ3n) is 3.44. The smallest absolute Gasteiger partial charge is 0.348 e. The Morgan fingerprint density at radius 3 is 2.88 bits per heavy atom. The van der Waals surface area contributed by atoms with Crippen LogP contribution in [0.25, 0.3) is 22.4 Å². The van der Waals surface area contributed by atoms with Crippen LogP contribution in [0.5, 0.6) is 5.75 Å². The quantitative estimate of drug-likeness (QED) is 0.703. The van der Waals surface area contributed by atoms with Gasteiger partial charge in [0.2, 0.25) is 5.95 Å². The van der Waals surface area contributed by atoms with E-state index in [9.17, 15) is 4.79 Å². The van der Waals surface area contributed by atoms with Crippen molar-refractivity contribution < 1.29 is 14.3 Å². The molecular formula is C18H17N3O3S. The molecule has 1 aromatic carbocycles. The molecule has 0 saturated heterocycles. The first-order valence-corrected chi connectivity index (χ1v) is 8.48. The molecule has 0 spiro atoms. The number of carbonyl (C=O) groups excluding carboxylic acids is 1. The summed E-state index contributed by atoms with van der Waals surface area (Å²) in [5.41, 5.74) is 7.41. The summed E-state index contributed by atoms with van der Waals surface area (Å²) >= 11 is 1.24. The van der Waals surface area contributed by atoms with Crippen molar-refractivity contribution in [3.63, 3.8) is 0 Å². The molecule has 0 aliphatic carbocycles. The summed E-state index contributed by atoms with van der Waals surface area (Å²) in [4.78, 5) is 21.6.